The summed E-state index contributed by atoms with van der Waals surface area (Å²) in [5.41, 5.74) is 0. The van der Waals surface area contributed by atoms with Gasteiger partial charge < -0.3 is 15.4 Å². The number of thiophene rings is 1. The second-order valence-corrected chi connectivity index (χ2v) is 3.71. The first-order valence-corrected chi connectivity index (χ1v) is 5.24. The Morgan fingerprint density at radius 2 is 2.43 bits per heavy atom. The van der Waals surface area contributed by atoms with Crippen molar-refractivity contribution in [3.63, 3.8) is 0 Å². The molecule has 1 aromatic heterocycles. The number of hydrogen-bond acceptors (Lipinski definition) is 3. The number of rotatable bonds is 5. The molecule has 2 N–H and O–H groups in total. The lowest BCUT2D eigenvalue weighted by Crippen LogP contribution is -2.36. The van der Waals surface area contributed by atoms with Crippen LogP contribution in [-0.4, -0.2) is 26.3 Å². The summed E-state index contributed by atoms with van der Waals surface area (Å²) in [6, 6.07) is 3.79. The van der Waals surface area contributed by atoms with Gasteiger partial charge in [0.25, 0.3) is 0 Å². The zero-order valence-electron chi connectivity index (χ0n) is 8.08. The van der Waals surface area contributed by atoms with E-state index in [9.17, 15) is 4.79 Å². The van der Waals surface area contributed by atoms with Gasteiger partial charge in [0.2, 0.25) is 0 Å². The Bertz CT molecular complexity index is 262. The van der Waals surface area contributed by atoms with E-state index < -0.39 is 0 Å². The molecular weight excluding hydrogens is 200 g/mol. The number of ether oxygens (including phenoxy) is 1. The maximum absolute atomic E-state index is 11.1. The normalized spacial score (nSPS) is 9.79. The third-order valence-corrected chi connectivity index (χ3v) is 2.47. The molecule has 0 aliphatic heterocycles. The maximum Gasteiger partial charge on any atom is 0.315 e. The van der Waals surface area contributed by atoms with Crippen molar-refractivity contribution in [3.05, 3.63) is 22.4 Å². The number of carbonyl (C=O) groups excluding carboxylic acids is 1. The lowest BCUT2D eigenvalue weighted by molar-refractivity contribution is 0.196. The number of amides is 2. The van der Waals surface area contributed by atoms with E-state index in [1.54, 1.807) is 18.4 Å². The van der Waals surface area contributed by atoms with Gasteiger partial charge in [-0.3, -0.25) is 0 Å². The summed E-state index contributed by atoms with van der Waals surface area (Å²) in [5, 5.41) is 7.41. The Hall–Kier alpha value is -1.07. The Balaban J connectivity index is 2.09. The highest BCUT2D eigenvalue weighted by molar-refractivity contribution is 7.09. The number of hydrogen-bond donors (Lipinski definition) is 2. The summed E-state index contributed by atoms with van der Waals surface area (Å²) in [5.74, 6) is 0. The average Bonchev–Trinajstić information content (AvgIpc) is 2.68. The second kappa shape index (κ2) is 6.39. The third kappa shape index (κ3) is 4.25. The third-order valence-electron chi connectivity index (χ3n) is 1.60. The van der Waals surface area contributed by atoms with Gasteiger partial charge in [0, 0.05) is 18.5 Å². The summed E-state index contributed by atoms with van der Waals surface area (Å²) in [6.07, 6.45) is 0. The van der Waals surface area contributed by atoms with Crippen LogP contribution in [0, 0.1) is 0 Å². The smallest absolute Gasteiger partial charge is 0.315 e. The van der Waals surface area contributed by atoms with Gasteiger partial charge in [-0.2, -0.15) is 0 Å². The number of nitrogens with one attached hydrogen (secondary N) is 2. The molecule has 78 valence electrons. The monoisotopic (exact) mass is 214 g/mol. The molecule has 0 atom stereocenters. The van der Waals surface area contributed by atoms with E-state index in [2.05, 4.69) is 10.6 Å². The molecule has 0 aromatic carbocycles. The predicted octanol–water partition coefficient (Wildman–Crippen LogP) is 1.19. The highest BCUT2D eigenvalue weighted by Crippen LogP contribution is 2.06. The number of methoxy groups -OCH3 is 1. The van der Waals surface area contributed by atoms with Crippen LogP contribution in [0.1, 0.15) is 4.88 Å². The van der Waals surface area contributed by atoms with Crippen LogP contribution >= 0.6 is 11.3 Å². The van der Waals surface area contributed by atoms with Gasteiger partial charge in [-0.05, 0) is 11.4 Å². The van der Waals surface area contributed by atoms with Crippen LogP contribution in [0.2, 0.25) is 0 Å². The molecule has 0 unspecified atom stereocenters. The Kier molecular flexibility index (Phi) is 5.03. The first-order valence-electron chi connectivity index (χ1n) is 4.36. The second-order valence-electron chi connectivity index (χ2n) is 2.68. The van der Waals surface area contributed by atoms with Crippen molar-refractivity contribution in [1.29, 1.82) is 0 Å². The average molecular weight is 214 g/mol. The molecule has 1 rings (SSSR count). The zero-order chi connectivity index (χ0) is 10.2. The van der Waals surface area contributed by atoms with Crippen LogP contribution in [0.3, 0.4) is 0 Å². The molecule has 0 bridgehead atoms. The molecule has 14 heavy (non-hydrogen) atoms. The van der Waals surface area contributed by atoms with Crippen molar-refractivity contribution in [1.82, 2.24) is 10.6 Å². The molecule has 2 amide bonds. The highest BCUT2D eigenvalue weighted by Gasteiger charge is 1.99. The molecule has 0 saturated heterocycles. The minimum absolute atomic E-state index is 0.157. The Labute approximate surface area is 87.3 Å². The molecule has 0 spiro atoms. The van der Waals surface area contributed by atoms with Crippen molar-refractivity contribution in [2.45, 2.75) is 6.54 Å². The molecule has 0 aliphatic carbocycles. The SMILES string of the molecule is COCCNC(=O)NCc1cccs1. The Morgan fingerprint density at radius 1 is 1.57 bits per heavy atom. The minimum Gasteiger partial charge on any atom is -0.383 e. The van der Waals surface area contributed by atoms with Gasteiger partial charge in [0.15, 0.2) is 0 Å². The van der Waals surface area contributed by atoms with Crippen molar-refractivity contribution in [2.24, 2.45) is 0 Å². The lowest BCUT2D eigenvalue weighted by Gasteiger charge is -2.05. The van der Waals surface area contributed by atoms with E-state index >= 15 is 0 Å². The van der Waals surface area contributed by atoms with Crippen molar-refractivity contribution in [3.8, 4) is 0 Å². The lowest BCUT2D eigenvalue weighted by atomic mass is 10.5. The highest BCUT2D eigenvalue weighted by atomic mass is 32.1. The van der Waals surface area contributed by atoms with Crippen LogP contribution in [0.4, 0.5) is 4.79 Å². The fourth-order valence-electron chi connectivity index (χ4n) is 0.910. The van der Waals surface area contributed by atoms with E-state index in [0.29, 0.717) is 19.7 Å². The van der Waals surface area contributed by atoms with Gasteiger partial charge in [-0.15, -0.1) is 11.3 Å². The first-order chi connectivity index (χ1) is 6.83. The van der Waals surface area contributed by atoms with Gasteiger partial charge in [-0.1, -0.05) is 6.07 Å². The Morgan fingerprint density at radius 3 is 3.07 bits per heavy atom. The molecule has 0 radical (unpaired) electrons. The van der Waals surface area contributed by atoms with E-state index in [1.807, 2.05) is 17.5 Å². The topological polar surface area (TPSA) is 50.4 Å². The first kappa shape index (κ1) is 11.0. The molecule has 0 aliphatic rings. The van der Waals surface area contributed by atoms with Gasteiger partial charge in [0.05, 0.1) is 13.2 Å². The fourth-order valence-corrected chi connectivity index (χ4v) is 1.55. The number of carbonyl (C=O) groups is 1. The molecular formula is C9H14N2O2S. The molecule has 1 aromatic rings. The summed E-state index contributed by atoms with van der Waals surface area (Å²) < 4.78 is 4.80. The van der Waals surface area contributed by atoms with Crippen LogP contribution in [0.5, 0.6) is 0 Å². The summed E-state index contributed by atoms with van der Waals surface area (Å²) in [7, 11) is 1.60. The molecule has 1 heterocycles. The fraction of sp³-hybridized carbons (Fsp3) is 0.444. The van der Waals surface area contributed by atoms with Crippen LogP contribution in [0.25, 0.3) is 0 Å². The van der Waals surface area contributed by atoms with Gasteiger partial charge in [-0.25, -0.2) is 4.79 Å². The van der Waals surface area contributed by atoms with E-state index in [-0.39, 0.29) is 6.03 Å². The number of urea groups is 1. The standard InChI is InChI=1S/C9H14N2O2S/c1-13-5-4-10-9(12)11-7-8-3-2-6-14-8/h2-3,6H,4-5,7H2,1H3,(H2,10,11,12). The summed E-state index contributed by atoms with van der Waals surface area (Å²) in [6.45, 7) is 1.65. The summed E-state index contributed by atoms with van der Waals surface area (Å²) in [4.78, 5) is 12.3. The van der Waals surface area contributed by atoms with Crippen molar-refractivity contribution >= 4 is 17.4 Å². The molecule has 4 nitrogen and oxygen atoms in total. The van der Waals surface area contributed by atoms with Crippen LogP contribution in [0.15, 0.2) is 17.5 Å². The van der Waals surface area contributed by atoms with Gasteiger partial charge >= 0.3 is 6.03 Å². The minimum atomic E-state index is -0.157. The van der Waals surface area contributed by atoms with Crippen molar-refractivity contribution < 1.29 is 9.53 Å². The molecule has 0 saturated carbocycles. The van der Waals surface area contributed by atoms with Crippen molar-refractivity contribution in [2.75, 3.05) is 20.3 Å². The largest absolute Gasteiger partial charge is 0.383 e. The zero-order valence-corrected chi connectivity index (χ0v) is 8.89. The van der Waals surface area contributed by atoms with Crippen LogP contribution in [-0.2, 0) is 11.3 Å². The molecule has 5 heteroatoms. The maximum atomic E-state index is 11.1. The quantitative estimate of drug-likeness (QED) is 0.723. The van der Waals surface area contributed by atoms with E-state index in [4.69, 9.17) is 4.74 Å². The predicted molar refractivity (Wildman–Crippen MR) is 56.4 cm³/mol. The van der Waals surface area contributed by atoms with Crippen LogP contribution < -0.4 is 10.6 Å². The summed E-state index contributed by atoms with van der Waals surface area (Å²) >= 11 is 1.63. The van der Waals surface area contributed by atoms with Gasteiger partial charge in [0.1, 0.15) is 0 Å². The van der Waals surface area contributed by atoms with E-state index in [1.165, 1.54) is 0 Å². The van der Waals surface area contributed by atoms with E-state index in [0.717, 1.165) is 4.88 Å². The molecule has 0 fully saturated rings.